The van der Waals surface area contributed by atoms with Gasteiger partial charge in [0.2, 0.25) is 0 Å². The van der Waals surface area contributed by atoms with Crippen LogP contribution in [-0.2, 0) is 6.42 Å². The van der Waals surface area contributed by atoms with Crippen molar-refractivity contribution in [2.75, 3.05) is 7.11 Å². The third-order valence-electron chi connectivity index (χ3n) is 4.14. The SMILES string of the molecule is COc1cc2[nH]c(Cc3ccccc3)cc(=O)c2cc1-c1cnco1. The van der Waals surface area contributed by atoms with Gasteiger partial charge in [0.15, 0.2) is 17.6 Å². The smallest absolute Gasteiger partial charge is 0.189 e. The summed E-state index contributed by atoms with van der Waals surface area (Å²) in [5, 5.41) is 0.587. The standard InChI is InChI=1S/C20H16N2O3/c1-24-19-10-17-15(9-16(19)20-11-21-12-25-20)18(23)8-14(22-17)7-13-5-3-2-4-6-13/h2-6,8-12H,7H2,1H3,(H,22,23). The van der Waals surface area contributed by atoms with E-state index < -0.39 is 0 Å². The van der Waals surface area contributed by atoms with Crippen LogP contribution in [0.1, 0.15) is 11.3 Å². The van der Waals surface area contributed by atoms with E-state index in [0.29, 0.717) is 28.9 Å². The lowest BCUT2D eigenvalue weighted by Gasteiger charge is -2.10. The monoisotopic (exact) mass is 332 g/mol. The number of benzene rings is 2. The predicted molar refractivity (Wildman–Crippen MR) is 95.9 cm³/mol. The van der Waals surface area contributed by atoms with E-state index in [-0.39, 0.29) is 5.43 Å². The van der Waals surface area contributed by atoms with Crippen LogP contribution >= 0.6 is 0 Å². The molecule has 0 amide bonds. The van der Waals surface area contributed by atoms with Gasteiger partial charge in [-0.3, -0.25) is 4.79 Å². The number of H-pyrrole nitrogens is 1. The molecule has 0 aliphatic heterocycles. The minimum absolute atomic E-state index is 0.0388. The Balaban J connectivity index is 1.84. The van der Waals surface area contributed by atoms with Crippen LogP contribution in [0, 0.1) is 0 Å². The molecular formula is C20H16N2O3. The Kier molecular flexibility index (Phi) is 3.82. The highest BCUT2D eigenvalue weighted by Crippen LogP contribution is 2.32. The van der Waals surface area contributed by atoms with Gasteiger partial charge in [0, 0.05) is 29.6 Å². The second-order valence-corrected chi connectivity index (χ2v) is 5.78. The van der Waals surface area contributed by atoms with Gasteiger partial charge in [-0.05, 0) is 11.6 Å². The molecule has 0 atom stereocenters. The number of aromatic amines is 1. The van der Waals surface area contributed by atoms with Crippen molar-refractivity contribution in [3.8, 4) is 17.1 Å². The Labute approximate surface area is 143 Å². The van der Waals surface area contributed by atoms with E-state index in [0.717, 1.165) is 16.8 Å². The van der Waals surface area contributed by atoms with E-state index in [1.54, 1.807) is 25.4 Å². The first kappa shape index (κ1) is 15.2. The number of hydrogen-bond donors (Lipinski definition) is 1. The lowest BCUT2D eigenvalue weighted by Crippen LogP contribution is -2.06. The molecule has 25 heavy (non-hydrogen) atoms. The summed E-state index contributed by atoms with van der Waals surface area (Å²) in [6.07, 6.45) is 3.62. The first-order valence-electron chi connectivity index (χ1n) is 7.91. The molecule has 2 aromatic carbocycles. The van der Waals surface area contributed by atoms with E-state index in [1.165, 1.54) is 6.39 Å². The molecule has 0 aliphatic rings. The summed E-state index contributed by atoms with van der Waals surface area (Å²) in [5.41, 5.74) is 3.40. The molecule has 4 aromatic rings. The third-order valence-corrected chi connectivity index (χ3v) is 4.14. The van der Waals surface area contributed by atoms with Crippen molar-refractivity contribution < 1.29 is 9.15 Å². The van der Waals surface area contributed by atoms with Gasteiger partial charge in [0.1, 0.15) is 5.75 Å². The molecule has 5 nitrogen and oxygen atoms in total. The Bertz CT molecular complexity index is 1070. The first-order chi connectivity index (χ1) is 12.2. The normalized spacial score (nSPS) is 10.9. The van der Waals surface area contributed by atoms with Crippen LogP contribution in [0.3, 0.4) is 0 Å². The van der Waals surface area contributed by atoms with Crippen LogP contribution in [0.5, 0.6) is 5.75 Å². The number of aromatic nitrogens is 2. The maximum Gasteiger partial charge on any atom is 0.189 e. The second-order valence-electron chi connectivity index (χ2n) is 5.78. The van der Waals surface area contributed by atoms with E-state index >= 15 is 0 Å². The Morgan fingerprint density at radius 2 is 2.00 bits per heavy atom. The number of hydrogen-bond acceptors (Lipinski definition) is 4. The summed E-state index contributed by atoms with van der Waals surface area (Å²) >= 11 is 0. The fourth-order valence-corrected chi connectivity index (χ4v) is 2.95. The number of fused-ring (bicyclic) bond motifs is 1. The highest BCUT2D eigenvalue weighted by atomic mass is 16.5. The van der Waals surface area contributed by atoms with Gasteiger partial charge < -0.3 is 14.1 Å². The predicted octanol–water partition coefficient (Wildman–Crippen LogP) is 3.78. The summed E-state index contributed by atoms with van der Waals surface area (Å²) < 4.78 is 10.8. The van der Waals surface area contributed by atoms with Crippen molar-refractivity contribution in [1.82, 2.24) is 9.97 Å². The quantitative estimate of drug-likeness (QED) is 0.617. The Morgan fingerprint density at radius 1 is 1.16 bits per heavy atom. The summed E-state index contributed by atoms with van der Waals surface area (Å²) in [6, 6.07) is 15.3. The minimum Gasteiger partial charge on any atom is -0.496 e. The van der Waals surface area contributed by atoms with Gasteiger partial charge >= 0.3 is 0 Å². The van der Waals surface area contributed by atoms with Crippen LogP contribution in [0.15, 0.2) is 70.3 Å². The molecule has 2 heterocycles. The molecule has 1 N–H and O–H groups in total. The fourth-order valence-electron chi connectivity index (χ4n) is 2.95. The number of ether oxygens (including phenoxy) is 1. The van der Waals surface area contributed by atoms with Gasteiger partial charge in [0.05, 0.1) is 24.4 Å². The average Bonchev–Trinajstić information content (AvgIpc) is 3.16. The number of pyridine rings is 1. The van der Waals surface area contributed by atoms with Crippen molar-refractivity contribution in [3.05, 3.63) is 82.6 Å². The first-order valence-corrected chi connectivity index (χ1v) is 7.91. The maximum absolute atomic E-state index is 12.6. The highest BCUT2D eigenvalue weighted by molar-refractivity contribution is 5.87. The Hall–Kier alpha value is -3.34. The van der Waals surface area contributed by atoms with Crippen LogP contribution in [0.4, 0.5) is 0 Å². The molecule has 0 unspecified atom stereocenters. The third kappa shape index (κ3) is 2.92. The van der Waals surface area contributed by atoms with Crippen LogP contribution in [0.25, 0.3) is 22.2 Å². The van der Waals surface area contributed by atoms with Gasteiger partial charge in [-0.2, -0.15) is 0 Å². The minimum atomic E-state index is -0.0388. The van der Waals surface area contributed by atoms with Gasteiger partial charge in [-0.25, -0.2) is 4.98 Å². The lowest BCUT2D eigenvalue weighted by atomic mass is 10.0. The molecule has 0 aliphatic carbocycles. The zero-order valence-corrected chi connectivity index (χ0v) is 13.7. The molecule has 0 spiro atoms. The Morgan fingerprint density at radius 3 is 2.72 bits per heavy atom. The molecule has 0 saturated heterocycles. The molecular weight excluding hydrogens is 316 g/mol. The van der Waals surface area contributed by atoms with Crippen molar-refractivity contribution >= 4 is 10.9 Å². The molecule has 2 aromatic heterocycles. The number of rotatable bonds is 4. The molecule has 4 rings (SSSR count). The number of nitrogens with zero attached hydrogens (tertiary/aromatic N) is 1. The van der Waals surface area contributed by atoms with E-state index in [9.17, 15) is 4.79 Å². The summed E-state index contributed by atoms with van der Waals surface area (Å²) in [7, 11) is 1.59. The van der Waals surface area contributed by atoms with Crippen molar-refractivity contribution in [2.45, 2.75) is 6.42 Å². The molecule has 0 radical (unpaired) electrons. The number of methoxy groups -OCH3 is 1. The van der Waals surface area contributed by atoms with Crippen molar-refractivity contribution in [2.24, 2.45) is 0 Å². The molecule has 124 valence electrons. The van der Waals surface area contributed by atoms with Gasteiger partial charge in [0.25, 0.3) is 0 Å². The summed E-state index contributed by atoms with van der Waals surface area (Å²) in [6.45, 7) is 0. The second kappa shape index (κ2) is 6.28. The van der Waals surface area contributed by atoms with Crippen LogP contribution in [0.2, 0.25) is 0 Å². The van der Waals surface area contributed by atoms with E-state index in [1.807, 2.05) is 36.4 Å². The fraction of sp³-hybridized carbons (Fsp3) is 0.100. The molecule has 0 fully saturated rings. The summed E-state index contributed by atoms with van der Waals surface area (Å²) in [5.74, 6) is 1.18. The number of oxazole rings is 1. The van der Waals surface area contributed by atoms with E-state index in [2.05, 4.69) is 9.97 Å². The topological polar surface area (TPSA) is 68.1 Å². The van der Waals surface area contributed by atoms with Crippen molar-refractivity contribution in [1.29, 1.82) is 0 Å². The zero-order valence-electron chi connectivity index (χ0n) is 13.7. The lowest BCUT2D eigenvalue weighted by molar-refractivity contribution is 0.415. The van der Waals surface area contributed by atoms with Gasteiger partial charge in [-0.15, -0.1) is 0 Å². The highest BCUT2D eigenvalue weighted by Gasteiger charge is 2.13. The van der Waals surface area contributed by atoms with Crippen molar-refractivity contribution in [3.63, 3.8) is 0 Å². The molecule has 0 bridgehead atoms. The zero-order chi connectivity index (χ0) is 17.2. The van der Waals surface area contributed by atoms with Crippen LogP contribution in [-0.4, -0.2) is 17.1 Å². The largest absolute Gasteiger partial charge is 0.496 e. The van der Waals surface area contributed by atoms with E-state index in [4.69, 9.17) is 9.15 Å². The average molecular weight is 332 g/mol. The van der Waals surface area contributed by atoms with Gasteiger partial charge in [-0.1, -0.05) is 30.3 Å². The molecule has 0 saturated carbocycles. The molecule has 5 heteroatoms. The van der Waals surface area contributed by atoms with Crippen LogP contribution < -0.4 is 10.2 Å². The maximum atomic E-state index is 12.6. The summed E-state index contributed by atoms with van der Waals surface area (Å²) in [4.78, 5) is 19.9. The number of nitrogens with one attached hydrogen (secondary N) is 1.